The molecule has 0 bridgehead atoms. The van der Waals surface area contributed by atoms with Gasteiger partial charge >= 0.3 is 0 Å². The summed E-state index contributed by atoms with van der Waals surface area (Å²) in [7, 11) is 0. The molecule has 2 aromatic rings. The highest BCUT2D eigenvalue weighted by Gasteiger charge is 2.28. The van der Waals surface area contributed by atoms with Crippen molar-refractivity contribution in [3.8, 4) is 11.5 Å². The van der Waals surface area contributed by atoms with Crippen molar-refractivity contribution in [1.29, 1.82) is 0 Å². The minimum Gasteiger partial charge on any atom is -0.490 e. The van der Waals surface area contributed by atoms with Gasteiger partial charge in [0.25, 0.3) is 5.91 Å². The predicted octanol–water partition coefficient (Wildman–Crippen LogP) is 4.89. The Balaban J connectivity index is 1.97. The monoisotopic (exact) mass is 476 g/mol. The van der Waals surface area contributed by atoms with Crippen molar-refractivity contribution in [3.63, 3.8) is 0 Å². The normalized spacial score (nSPS) is 15.3. The first-order valence-corrected chi connectivity index (χ1v) is 9.89. The molecule has 1 heterocycles. The maximum atomic E-state index is 12.9. The molecule has 0 aromatic heterocycles. The first-order valence-electron chi connectivity index (χ1n) is 8.81. The molecule has 1 amide bonds. The van der Waals surface area contributed by atoms with Gasteiger partial charge in [0.15, 0.2) is 11.5 Å². The van der Waals surface area contributed by atoms with E-state index >= 15 is 0 Å². The number of para-hydroxylation sites is 1. The number of hydrogen-bond donors (Lipinski definition) is 0. The number of hydrogen-bond acceptors (Lipinski definition) is 4. The minimum absolute atomic E-state index is 0.138. The van der Waals surface area contributed by atoms with Gasteiger partial charge in [-0.3, -0.25) is 4.79 Å². The molecular weight excluding hydrogens is 455 g/mol. The van der Waals surface area contributed by atoms with Crippen LogP contribution in [0.15, 0.2) is 53.1 Å². The summed E-state index contributed by atoms with van der Waals surface area (Å²) in [5.74, 6) is 1.27. The second-order valence-corrected chi connectivity index (χ2v) is 7.05. The molecule has 5 nitrogen and oxygen atoms in total. The molecule has 1 aliphatic rings. The molecule has 0 N–H and O–H groups in total. The van der Waals surface area contributed by atoms with Crippen LogP contribution < -0.4 is 14.5 Å². The van der Waals surface area contributed by atoms with Gasteiger partial charge in [0.05, 0.1) is 33.8 Å². The molecular formula is C21H21IN2O3. The quantitative estimate of drug-likeness (QED) is 0.441. The lowest BCUT2D eigenvalue weighted by atomic mass is 10.1. The Hall–Kier alpha value is -2.35. The Labute approximate surface area is 172 Å². The molecule has 0 atom stereocenters. The van der Waals surface area contributed by atoms with E-state index < -0.39 is 0 Å². The van der Waals surface area contributed by atoms with E-state index in [4.69, 9.17) is 9.47 Å². The van der Waals surface area contributed by atoms with Gasteiger partial charge < -0.3 is 9.47 Å². The maximum Gasteiger partial charge on any atom is 0.280 e. The lowest BCUT2D eigenvalue weighted by Gasteiger charge is -2.14. The van der Waals surface area contributed by atoms with E-state index in [2.05, 4.69) is 27.7 Å². The number of nitrogens with zero attached hydrogens (tertiary/aromatic N) is 2. The van der Waals surface area contributed by atoms with Crippen LogP contribution in [-0.4, -0.2) is 24.8 Å². The van der Waals surface area contributed by atoms with E-state index in [0.29, 0.717) is 30.2 Å². The third-order valence-corrected chi connectivity index (χ3v) is 4.80. The van der Waals surface area contributed by atoms with Crippen LogP contribution in [-0.2, 0) is 4.79 Å². The number of ether oxygens (including phenoxy) is 2. The molecule has 140 valence electrons. The van der Waals surface area contributed by atoms with Gasteiger partial charge in [-0.15, -0.1) is 0 Å². The molecule has 0 unspecified atom stereocenters. The van der Waals surface area contributed by atoms with E-state index in [1.807, 2.05) is 69.3 Å². The van der Waals surface area contributed by atoms with Gasteiger partial charge in [0.1, 0.15) is 0 Å². The Morgan fingerprint density at radius 3 is 2.48 bits per heavy atom. The first-order chi connectivity index (χ1) is 13.0. The number of carbonyl (C=O) groups is 1. The average Bonchev–Trinajstić information content (AvgIpc) is 2.94. The first kappa shape index (κ1) is 19.4. The number of halogens is 1. The Kier molecular flexibility index (Phi) is 6.15. The van der Waals surface area contributed by atoms with Crippen molar-refractivity contribution < 1.29 is 14.3 Å². The van der Waals surface area contributed by atoms with Gasteiger partial charge in [-0.1, -0.05) is 18.2 Å². The van der Waals surface area contributed by atoms with E-state index in [1.165, 1.54) is 5.01 Å². The fourth-order valence-corrected chi connectivity index (χ4v) is 3.59. The molecule has 3 rings (SSSR count). The zero-order chi connectivity index (χ0) is 19.4. The maximum absolute atomic E-state index is 12.9. The van der Waals surface area contributed by atoms with E-state index in [9.17, 15) is 4.79 Å². The molecule has 0 fully saturated rings. The summed E-state index contributed by atoms with van der Waals surface area (Å²) in [6.45, 7) is 6.82. The molecule has 0 saturated carbocycles. The van der Waals surface area contributed by atoms with Crippen molar-refractivity contribution >= 4 is 46.0 Å². The summed E-state index contributed by atoms with van der Waals surface area (Å²) in [5, 5.41) is 5.85. The summed E-state index contributed by atoms with van der Waals surface area (Å²) in [6.07, 6.45) is 1.85. The highest BCUT2D eigenvalue weighted by atomic mass is 127. The standard InChI is InChI=1S/C21H21IN2O3/c1-4-26-19-13-15(12-18(22)20(19)27-5-2)11-17-14(3)23-24(21(17)25)16-9-7-6-8-10-16/h6-13H,4-5H2,1-3H3. The molecule has 0 radical (unpaired) electrons. The number of rotatable bonds is 6. The lowest BCUT2D eigenvalue weighted by Crippen LogP contribution is -2.21. The molecule has 1 aliphatic heterocycles. The lowest BCUT2D eigenvalue weighted by molar-refractivity contribution is -0.114. The van der Waals surface area contributed by atoms with E-state index in [1.54, 1.807) is 0 Å². The third-order valence-electron chi connectivity index (χ3n) is 3.99. The van der Waals surface area contributed by atoms with Crippen LogP contribution in [0.3, 0.4) is 0 Å². The third kappa shape index (κ3) is 4.16. The Morgan fingerprint density at radius 1 is 1.11 bits per heavy atom. The number of anilines is 1. The van der Waals surface area contributed by atoms with Crippen LogP contribution in [0.25, 0.3) is 6.08 Å². The summed E-state index contributed by atoms with van der Waals surface area (Å²) >= 11 is 2.23. The Bertz CT molecular complexity index is 907. The molecule has 0 aliphatic carbocycles. The average molecular weight is 476 g/mol. The van der Waals surface area contributed by atoms with Crippen molar-refractivity contribution in [3.05, 3.63) is 57.2 Å². The van der Waals surface area contributed by atoms with Crippen LogP contribution in [0.1, 0.15) is 26.3 Å². The number of carbonyl (C=O) groups excluding carboxylic acids is 1. The fraction of sp³-hybridized carbons (Fsp3) is 0.238. The molecule has 0 spiro atoms. The molecule has 27 heavy (non-hydrogen) atoms. The van der Waals surface area contributed by atoms with Crippen LogP contribution in [0.5, 0.6) is 11.5 Å². The van der Waals surface area contributed by atoms with Crippen molar-refractivity contribution in [1.82, 2.24) is 0 Å². The predicted molar refractivity (Wildman–Crippen MR) is 117 cm³/mol. The van der Waals surface area contributed by atoms with Crippen LogP contribution in [0.4, 0.5) is 5.69 Å². The SMILES string of the molecule is CCOc1cc(C=C2C(=O)N(c3ccccc3)N=C2C)cc(I)c1OCC. The smallest absolute Gasteiger partial charge is 0.280 e. The number of hydrazone groups is 1. The second-order valence-electron chi connectivity index (χ2n) is 5.89. The zero-order valence-corrected chi connectivity index (χ0v) is 17.7. The van der Waals surface area contributed by atoms with Crippen LogP contribution in [0, 0.1) is 3.57 Å². The summed E-state index contributed by atoms with van der Waals surface area (Å²) in [4.78, 5) is 12.9. The number of benzene rings is 2. The summed E-state index contributed by atoms with van der Waals surface area (Å²) in [6, 6.07) is 13.3. The zero-order valence-electron chi connectivity index (χ0n) is 15.5. The number of amides is 1. The minimum atomic E-state index is -0.138. The molecule has 0 saturated heterocycles. The largest absolute Gasteiger partial charge is 0.490 e. The molecule has 6 heteroatoms. The summed E-state index contributed by atoms with van der Waals surface area (Å²) in [5.41, 5.74) is 2.88. The fourth-order valence-electron chi connectivity index (χ4n) is 2.81. The Morgan fingerprint density at radius 2 is 1.81 bits per heavy atom. The van der Waals surface area contributed by atoms with E-state index in [-0.39, 0.29) is 5.91 Å². The van der Waals surface area contributed by atoms with Gasteiger partial charge in [0.2, 0.25) is 0 Å². The van der Waals surface area contributed by atoms with Crippen molar-refractivity contribution in [2.75, 3.05) is 18.2 Å². The van der Waals surface area contributed by atoms with E-state index in [0.717, 1.165) is 20.6 Å². The highest BCUT2D eigenvalue weighted by molar-refractivity contribution is 14.1. The second kappa shape index (κ2) is 8.56. The van der Waals surface area contributed by atoms with Crippen LogP contribution in [0.2, 0.25) is 0 Å². The van der Waals surface area contributed by atoms with Crippen LogP contribution >= 0.6 is 22.6 Å². The van der Waals surface area contributed by atoms with Gasteiger partial charge in [-0.05, 0) is 79.3 Å². The van der Waals surface area contributed by atoms with Crippen molar-refractivity contribution in [2.24, 2.45) is 5.10 Å². The van der Waals surface area contributed by atoms with Crippen molar-refractivity contribution in [2.45, 2.75) is 20.8 Å². The topological polar surface area (TPSA) is 51.1 Å². The highest BCUT2D eigenvalue weighted by Crippen LogP contribution is 2.35. The molecule has 2 aromatic carbocycles. The van der Waals surface area contributed by atoms with Gasteiger partial charge in [-0.2, -0.15) is 10.1 Å². The summed E-state index contributed by atoms with van der Waals surface area (Å²) < 4.78 is 12.4. The van der Waals surface area contributed by atoms with Gasteiger partial charge in [-0.25, -0.2) is 0 Å². The van der Waals surface area contributed by atoms with Gasteiger partial charge in [0, 0.05) is 0 Å².